The minimum Gasteiger partial charge on any atom is -0.0886 e. The molecule has 2 atom stereocenters. The van der Waals surface area contributed by atoms with Crippen molar-refractivity contribution in [2.45, 2.75) is 48.2 Å². The third-order valence-electron chi connectivity index (χ3n) is 2.02. The van der Waals surface area contributed by atoms with E-state index in [1.807, 2.05) is 0 Å². The first-order chi connectivity index (χ1) is 5.93. The number of hydrogen-bond donors (Lipinski definition) is 0. The lowest BCUT2D eigenvalue weighted by Gasteiger charge is -2.28. The van der Waals surface area contributed by atoms with E-state index in [0.29, 0.717) is 4.83 Å². The Balaban J connectivity index is 4.23. The number of alkyl halides is 4. The quantitative estimate of drug-likeness (QED) is 0.602. The van der Waals surface area contributed by atoms with Crippen molar-refractivity contribution in [3.8, 4) is 0 Å². The summed E-state index contributed by atoms with van der Waals surface area (Å²) in [6.45, 7) is 4.24. The molecule has 0 N–H and O–H groups in total. The van der Waals surface area contributed by atoms with Crippen molar-refractivity contribution in [2.24, 2.45) is 5.92 Å². The zero-order valence-electron chi connectivity index (χ0n) is 7.99. The van der Waals surface area contributed by atoms with Crippen molar-refractivity contribution in [3.63, 3.8) is 0 Å². The van der Waals surface area contributed by atoms with Gasteiger partial charge < -0.3 is 0 Å². The predicted octanol–water partition coefficient (Wildman–Crippen LogP) is 5.34. The molecule has 4 heteroatoms. The molecule has 0 aromatic heterocycles. The summed E-state index contributed by atoms with van der Waals surface area (Å²) in [5, 5.41) is 0. The van der Waals surface area contributed by atoms with Crippen molar-refractivity contribution in [2.75, 3.05) is 0 Å². The van der Waals surface area contributed by atoms with E-state index in [0.717, 1.165) is 25.7 Å². The highest BCUT2D eigenvalue weighted by atomic mass is 79.9. The van der Waals surface area contributed by atoms with Crippen LogP contribution in [0.1, 0.15) is 39.5 Å². The van der Waals surface area contributed by atoms with Gasteiger partial charge in [-0.2, -0.15) is 0 Å². The molecule has 0 aliphatic rings. The molecular formula is C9H16BrCl3. The first kappa shape index (κ1) is 14.3. The van der Waals surface area contributed by atoms with Crippen LogP contribution in [-0.4, -0.2) is 8.62 Å². The minimum atomic E-state index is -1.14. The SMILES string of the molecule is CCC[C@@H](Br)[C@@H](CCC)C(Cl)(Cl)Cl. The summed E-state index contributed by atoms with van der Waals surface area (Å²) in [6, 6.07) is 0. The Morgan fingerprint density at radius 3 is 1.85 bits per heavy atom. The van der Waals surface area contributed by atoms with Crippen LogP contribution >= 0.6 is 50.7 Å². The maximum Gasteiger partial charge on any atom is 0.194 e. The molecule has 0 radical (unpaired) electrons. The average Bonchev–Trinajstić information content (AvgIpc) is 1.98. The molecule has 0 fully saturated rings. The Labute approximate surface area is 104 Å². The van der Waals surface area contributed by atoms with E-state index in [1.54, 1.807) is 0 Å². The first-order valence-corrected chi connectivity index (χ1v) is 6.69. The molecule has 0 heterocycles. The van der Waals surface area contributed by atoms with Crippen LogP contribution < -0.4 is 0 Å². The molecule has 0 unspecified atom stereocenters. The molecule has 0 aromatic carbocycles. The van der Waals surface area contributed by atoms with Gasteiger partial charge in [0.15, 0.2) is 3.79 Å². The van der Waals surface area contributed by atoms with Crippen molar-refractivity contribution in [1.29, 1.82) is 0 Å². The van der Waals surface area contributed by atoms with Crippen molar-refractivity contribution < 1.29 is 0 Å². The lowest BCUT2D eigenvalue weighted by atomic mass is 9.98. The van der Waals surface area contributed by atoms with Crippen LogP contribution in [-0.2, 0) is 0 Å². The summed E-state index contributed by atoms with van der Waals surface area (Å²) in [5.41, 5.74) is 0. The van der Waals surface area contributed by atoms with Gasteiger partial charge in [0.05, 0.1) is 0 Å². The molecule has 0 aromatic rings. The van der Waals surface area contributed by atoms with Gasteiger partial charge in [-0.3, -0.25) is 0 Å². The summed E-state index contributed by atoms with van der Waals surface area (Å²) >= 11 is 21.3. The summed E-state index contributed by atoms with van der Waals surface area (Å²) in [4.78, 5) is 0.310. The zero-order chi connectivity index (χ0) is 10.5. The Morgan fingerprint density at radius 1 is 1.08 bits per heavy atom. The Hall–Kier alpha value is 1.35. The van der Waals surface area contributed by atoms with E-state index in [4.69, 9.17) is 34.8 Å². The van der Waals surface area contributed by atoms with Crippen LogP contribution in [0.5, 0.6) is 0 Å². The molecule has 0 aliphatic carbocycles. The van der Waals surface area contributed by atoms with E-state index in [2.05, 4.69) is 29.8 Å². The van der Waals surface area contributed by atoms with Gasteiger partial charge in [-0.1, -0.05) is 77.4 Å². The standard InChI is InChI=1S/C9H16BrCl3/c1-3-5-7(9(11,12)13)8(10)6-4-2/h7-8H,3-6H2,1-2H3/t7-,8-/m1/s1. The van der Waals surface area contributed by atoms with Crippen LogP contribution in [0, 0.1) is 5.92 Å². The number of rotatable bonds is 5. The van der Waals surface area contributed by atoms with E-state index < -0.39 is 3.79 Å². The summed E-state index contributed by atoms with van der Waals surface area (Å²) < 4.78 is -1.14. The molecule has 0 rings (SSSR count). The maximum absolute atomic E-state index is 5.91. The van der Waals surface area contributed by atoms with Crippen LogP contribution in [0.2, 0.25) is 0 Å². The normalized spacial score (nSPS) is 17.1. The van der Waals surface area contributed by atoms with Gasteiger partial charge in [-0.05, 0) is 12.8 Å². The van der Waals surface area contributed by atoms with Gasteiger partial charge in [0.2, 0.25) is 0 Å². The van der Waals surface area contributed by atoms with Crippen LogP contribution in [0.25, 0.3) is 0 Å². The molecule has 0 aliphatic heterocycles. The molecule has 0 spiro atoms. The monoisotopic (exact) mass is 308 g/mol. The van der Waals surface area contributed by atoms with Crippen molar-refractivity contribution in [1.82, 2.24) is 0 Å². The van der Waals surface area contributed by atoms with Crippen LogP contribution in [0.3, 0.4) is 0 Å². The molecule has 13 heavy (non-hydrogen) atoms. The molecule has 80 valence electrons. The number of hydrogen-bond acceptors (Lipinski definition) is 0. The molecule has 0 saturated carbocycles. The minimum absolute atomic E-state index is 0.113. The lowest BCUT2D eigenvalue weighted by molar-refractivity contribution is 0.454. The van der Waals surface area contributed by atoms with Crippen molar-refractivity contribution in [3.05, 3.63) is 0 Å². The van der Waals surface area contributed by atoms with E-state index >= 15 is 0 Å². The van der Waals surface area contributed by atoms with E-state index in [9.17, 15) is 0 Å². The fraction of sp³-hybridized carbons (Fsp3) is 1.00. The molecule has 0 nitrogen and oxygen atoms in total. The van der Waals surface area contributed by atoms with Crippen molar-refractivity contribution >= 4 is 50.7 Å². The third kappa shape index (κ3) is 5.71. The highest BCUT2D eigenvalue weighted by molar-refractivity contribution is 9.09. The first-order valence-electron chi connectivity index (χ1n) is 4.64. The van der Waals surface area contributed by atoms with Gasteiger partial charge in [-0.15, -0.1) is 0 Å². The Kier molecular flexibility index (Phi) is 7.47. The van der Waals surface area contributed by atoms with Gasteiger partial charge in [0.25, 0.3) is 0 Å². The highest BCUT2D eigenvalue weighted by Crippen LogP contribution is 2.42. The smallest absolute Gasteiger partial charge is 0.0886 e. The van der Waals surface area contributed by atoms with Gasteiger partial charge >= 0.3 is 0 Å². The Bertz CT molecular complexity index is 133. The van der Waals surface area contributed by atoms with Crippen LogP contribution in [0.15, 0.2) is 0 Å². The van der Waals surface area contributed by atoms with E-state index in [1.165, 1.54) is 0 Å². The van der Waals surface area contributed by atoms with Gasteiger partial charge in [0.1, 0.15) is 0 Å². The predicted molar refractivity (Wildman–Crippen MR) is 66.3 cm³/mol. The fourth-order valence-corrected chi connectivity index (χ4v) is 3.70. The molecule has 0 saturated heterocycles. The number of halogens is 4. The molecule has 0 bridgehead atoms. The van der Waals surface area contributed by atoms with Crippen LogP contribution in [0.4, 0.5) is 0 Å². The highest BCUT2D eigenvalue weighted by Gasteiger charge is 2.36. The van der Waals surface area contributed by atoms with Gasteiger partial charge in [-0.25, -0.2) is 0 Å². The summed E-state index contributed by atoms with van der Waals surface area (Å²) in [5.74, 6) is 0.113. The second-order valence-electron chi connectivity index (χ2n) is 3.24. The summed E-state index contributed by atoms with van der Waals surface area (Å²) in [6.07, 6.45) is 4.16. The molecular weight excluding hydrogens is 294 g/mol. The average molecular weight is 310 g/mol. The summed E-state index contributed by atoms with van der Waals surface area (Å²) in [7, 11) is 0. The third-order valence-corrected chi connectivity index (χ3v) is 3.96. The largest absolute Gasteiger partial charge is 0.194 e. The van der Waals surface area contributed by atoms with E-state index in [-0.39, 0.29) is 5.92 Å². The lowest BCUT2D eigenvalue weighted by Crippen LogP contribution is -2.28. The second-order valence-corrected chi connectivity index (χ2v) is 6.79. The molecule has 0 amide bonds. The second kappa shape index (κ2) is 6.76. The fourth-order valence-electron chi connectivity index (χ4n) is 1.34. The Morgan fingerprint density at radius 2 is 1.54 bits per heavy atom. The zero-order valence-corrected chi connectivity index (χ0v) is 11.8. The maximum atomic E-state index is 5.91. The van der Waals surface area contributed by atoms with Gasteiger partial charge in [0, 0.05) is 10.7 Å². The topological polar surface area (TPSA) is 0 Å².